The van der Waals surface area contributed by atoms with Gasteiger partial charge in [0.2, 0.25) is 5.91 Å². The van der Waals surface area contributed by atoms with Crippen LogP contribution in [0.15, 0.2) is 58.5 Å². The van der Waals surface area contributed by atoms with E-state index in [0.29, 0.717) is 17.3 Å². The number of carbonyl (C=O) groups is 1. The van der Waals surface area contributed by atoms with E-state index in [9.17, 15) is 14.0 Å². The molecule has 3 rings (SSSR count). The molecule has 8 heteroatoms. The largest absolute Gasteiger partial charge is 0.348 e. The summed E-state index contributed by atoms with van der Waals surface area (Å²) in [7, 11) is 0. The first-order chi connectivity index (χ1) is 12.9. The van der Waals surface area contributed by atoms with Gasteiger partial charge in [-0.1, -0.05) is 43.8 Å². The number of anilines is 1. The lowest BCUT2D eigenvalue weighted by Crippen LogP contribution is -2.17. The minimum atomic E-state index is -0.493. The van der Waals surface area contributed by atoms with Crippen LogP contribution in [0.3, 0.4) is 0 Å². The zero-order valence-electron chi connectivity index (χ0n) is 14.9. The maximum atomic E-state index is 13.4. The number of hydrogen-bond acceptors (Lipinski definition) is 4. The number of H-pyrrole nitrogens is 1. The van der Waals surface area contributed by atoms with Crippen LogP contribution in [0.25, 0.3) is 5.69 Å². The van der Waals surface area contributed by atoms with Crippen LogP contribution in [0.4, 0.5) is 10.1 Å². The van der Waals surface area contributed by atoms with E-state index in [0.717, 1.165) is 11.8 Å². The van der Waals surface area contributed by atoms with Crippen LogP contribution >= 0.6 is 11.8 Å². The van der Waals surface area contributed by atoms with Gasteiger partial charge in [-0.15, -0.1) is 5.10 Å². The van der Waals surface area contributed by atoms with Crippen molar-refractivity contribution in [2.24, 2.45) is 0 Å². The van der Waals surface area contributed by atoms with Gasteiger partial charge in [0.25, 0.3) is 0 Å². The van der Waals surface area contributed by atoms with Gasteiger partial charge in [0.05, 0.1) is 11.4 Å². The quantitative estimate of drug-likeness (QED) is 0.635. The van der Waals surface area contributed by atoms with Gasteiger partial charge >= 0.3 is 5.69 Å². The summed E-state index contributed by atoms with van der Waals surface area (Å²) in [6.07, 6.45) is 0. The average molecular weight is 386 g/mol. The van der Waals surface area contributed by atoms with Crippen LogP contribution in [0.5, 0.6) is 0 Å². The molecule has 0 spiro atoms. The molecular weight excluding hydrogens is 367 g/mol. The first-order valence-electron chi connectivity index (χ1n) is 8.40. The second-order valence-corrected chi connectivity index (χ2v) is 7.18. The monoisotopic (exact) mass is 386 g/mol. The van der Waals surface area contributed by atoms with Crippen LogP contribution in [-0.2, 0) is 4.79 Å². The van der Waals surface area contributed by atoms with E-state index in [1.54, 1.807) is 6.07 Å². The van der Waals surface area contributed by atoms with E-state index in [2.05, 4.69) is 29.4 Å². The van der Waals surface area contributed by atoms with Crippen molar-refractivity contribution in [2.75, 3.05) is 11.1 Å². The highest BCUT2D eigenvalue weighted by atomic mass is 32.2. The Hall–Kier alpha value is -2.87. The van der Waals surface area contributed by atoms with Crippen molar-refractivity contribution in [3.63, 3.8) is 0 Å². The molecule has 0 aliphatic heterocycles. The van der Waals surface area contributed by atoms with E-state index in [1.807, 2.05) is 24.3 Å². The van der Waals surface area contributed by atoms with Gasteiger partial charge in [-0.3, -0.25) is 4.79 Å². The molecule has 0 saturated carbocycles. The molecule has 6 nitrogen and oxygen atoms in total. The minimum Gasteiger partial charge on any atom is -0.325 e. The Morgan fingerprint density at radius 1 is 1.26 bits per heavy atom. The summed E-state index contributed by atoms with van der Waals surface area (Å²) in [6, 6.07) is 13.3. The second kappa shape index (κ2) is 8.22. The predicted molar refractivity (Wildman–Crippen MR) is 104 cm³/mol. The number of amides is 1. The van der Waals surface area contributed by atoms with E-state index < -0.39 is 11.5 Å². The Morgan fingerprint density at radius 3 is 2.67 bits per heavy atom. The highest BCUT2D eigenvalue weighted by Crippen LogP contribution is 2.20. The number of nitrogens with zero attached hydrogens (tertiary/aromatic N) is 2. The molecule has 1 aromatic heterocycles. The Morgan fingerprint density at radius 2 is 2.00 bits per heavy atom. The Kier molecular flexibility index (Phi) is 5.75. The molecule has 2 N–H and O–H groups in total. The maximum Gasteiger partial charge on any atom is 0.348 e. The van der Waals surface area contributed by atoms with Gasteiger partial charge in [0.15, 0.2) is 5.16 Å². The zero-order chi connectivity index (χ0) is 19.4. The Balaban J connectivity index is 1.67. The van der Waals surface area contributed by atoms with Gasteiger partial charge < -0.3 is 5.32 Å². The summed E-state index contributed by atoms with van der Waals surface area (Å²) in [5.74, 6) is -0.201. The van der Waals surface area contributed by atoms with Gasteiger partial charge in [0.1, 0.15) is 5.82 Å². The molecule has 0 fully saturated rings. The van der Waals surface area contributed by atoms with E-state index in [-0.39, 0.29) is 16.8 Å². The molecule has 0 radical (unpaired) electrons. The summed E-state index contributed by atoms with van der Waals surface area (Å²) in [5.41, 5.74) is 1.75. The zero-order valence-corrected chi connectivity index (χ0v) is 15.7. The molecule has 140 valence electrons. The van der Waals surface area contributed by atoms with Crippen LogP contribution in [0.1, 0.15) is 25.3 Å². The van der Waals surface area contributed by atoms with Crippen molar-refractivity contribution in [3.8, 4) is 5.69 Å². The fourth-order valence-electron chi connectivity index (χ4n) is 2.50. The van der Waals surface area contributed by atoms with Crippen LogP contribution in [0, 0.1) is 5.82 Å². The molecular formula is C19H19FN4O2S. The average Bonchev–Trinajstić information content (AvgIpc) is 3.01. The van der Waals surface area contributed by atoms with Crippen molar-refractivity contribution >= 4 is 23.4 Å². The number of carbonyl (C=O) groups excluding carboxylic acids is 1. The van der Waals surface area contributed by atoms with Gasteiger partial charge in [0, 0.05) is 5.69 Å². The second-order valence-electron chi connectivity index (χ2n) is 6.24. The number of halogens is 1. The molecule has 3 aromatic rings. The first kappa shape index (κ1) is 18.9. The molecule has 0 aliphatic carbocycles. The molecule has 1 amide bonds. The summed E-state index contributed by atoms with van der Waals surface area (Å²) in [5, 5.41) is 9.34. The van der Waals surface area contributed by atoms with E-state index >= 15 is 0 Å². The standard InChI is InChI=1S/C19H19FN4O2S/c1-12(2)13-6-8-15(9-7-13)21-17(25)11-27-19-23-22-18(26)24(19)16-5-3-4-14(20)10-16/h3-10,12H,11H2,1-2H3,(H,21,25)(H,22,26). The number of thioether (sulfide) groups is 1. The third-order valence-electron chi connectivity index (χ3n) is 3.90. The van der Waals surface area contributed by atoms with E-state index in [1.165, 1.54) is 28.3 Å². The smallest absolute Gasteiger partial charge is 0.325 e. The van der Waals surface area contributed by atoms with Crippen molar-refractivity contribution in [3.05, 3.63) is 70.4 Å². The van der Waals surface area contributed by atoms with Crippen LogP contribution in [-0.4, -0.2) is 26.4 Å². The molecule has 1 heterocycles. The molecule has 0 saturated heterocycles. The van der Waals surface area contributed by atoms with E-state index in [4.69, 9.17) is 0 Å². The molecule has 0 bridgehead atoms. The van der Waals surface area contributed by atoms with Gasteiger partial charge in [-0.2, -0.15) is 0 Å². The molecule has 0 unspecified atom stereocenters. The summed E-state index contributed by atoms with van der Waals surface area (Å²) in [4.78, 5) is 24.2. The first-order valence-corrected chi connectivity index (χ1v) is 9.38. The van der Waals surface area contributed by atoms with Gasteiger partial charge in [-0.05, 0) is 41.8 Å². The molecule has 2 aromatic carbocycles. The SMILES string of the molecule is CC(C)c1ccc(NC(=O)CSc2n[nH]c(=O)n2-c2cccc(F)c2)cc1. The highest BCUT2D eigenvalue weighted by molar-refractivity contribution is 7.99. The van der Waals surface area contributed by atoms with Crippen molar-refractivity contribution in [1.29, 1.82) is 0 Å². The topological polar surface area (TPSA) is 79.8 Å². The lowest BCUT2D eigenvalue weighted by molar-refractivity contribution is -0.113. The third kappa shape index (κ3) is 4.65. The number of aromatic nitrogens is 3. The normalized spacial score (nSPS) is 11.0. The highest BCUT2D eigenvalue weighted by Gasteiger charge is 2.13. The van der Waals surface area contributed by atoms with Crippen molar-refractivity contribution in [1.82, 2.24) is 14.8 Å². The van der Waals surface area contributed by atoms with Gasteiger partial charge in [-0.25, -0.2) is 18.9 Å². The fourth-order valence-corrected chi connectivity index (χ4v) is 3.26. The summed E-state index contributed by atoms with van der Waals surface area (Å²) >= 11 is 1.09. The number of aromatic amines is 1. The lowest BCUT2D eigenvalue weighted by Gasteiger charge is -2.09. The van der Waals surface area contributed by atoms with Crippen molar-refractivity contribution < 1.29 is 9.18 Å². The summed E-state index contributed by atoms with van der Waals surface area (Å²) in [6.45, 7) is 4.21. The van der Waals surface area contributed by atoms with Crippen molar-refractivity contribution in [2.45, 2.75) is 24.9 Å². The minimum absolute atomic E-state index is 0.0611. The number of benzene rings is 2. The van der Waals surface area contributed by atoms with Crippen LogP contribution in [0.2, 0.25) is 0 Å². The third-order valence-corrected chi connectivity index (χ3v) is 4.84. The molecule has 0 aliphatic rings. The molecule has 0 atom stereocenters. The fraction of sp³-hybridized carbons (Fsp3) is 0.211. The maximum absolute atomic E-state index is 13.4. The number of nitrogens with one attached hydrogen (secondary N) is 2. The Bertz CT molecular complexity index is 995. The molecule has 27 heavy (non-hydrogen) atoms. The number of rotatable bonds is 6. The lowest BCUT2D eigenvalue weighted by atomic mass is 10.0. The Labute approximate surface area is 159 Å². The van der Waals surface area contributed by atoms with Crippen LogP contribution < -0.4 is 11.0 Å². The summed E-state index contributed by atoms with van der Waals surface area (Å²) < 4.78 is 14.7. The number of hydrogen-bond donors (Lipinski definition) is 2. The predicted octanol–water partition coefficient (Wildman–Crippen LogP) is 3.55.